The summed E-state index contributed by atoms with van der Waals surface area (Å²) in [7, 11) is 0. The third-order valence-electron chi connectivity index (χ3n) is 2.93. The first kappa shape index (κ1) is 15.1. The van der Waals surface area contributed by atoms with Crippen molar-refractivity contribution in [1.82, 2.24) is 9.55 Å². The van der Waals surface area contributed by atoms with Gasteiger partial charge in [0.15, 0.2) is 5.82 Å². The molecule has 2 rings (SSSR count). The first-order valence-corrected chi connectivity index (χ1v) is 6.89. The van der Waals surface area contributed by atoms with E-state index in [0.717, 1.165) is 11.4 Å². The Morgan fingerprint density at radius 1 is 1.33 bits per heavy atom. The molecule has 3 N–H and O–H groups in total. The molecule has 0 radical (unpaired) electrons. The molecule has 6 heteroatoms. The molecule has 0 amide bonds. The Kier molecular flexibility index (Phi) is 4.94. The Morgan fingerprint density at radius 2 is 2.05 bits per heavy atom. The molecule has 112 valence electrons. The topological polar surface area (TPSA) is 82.2 Å². The molecule has 6 nitrogen and oxygen atoms in total. The van der Waals surface area contributed by atoms with Gasteiger partial charge in [-0.05, 0) is 38.1 Å². The quantitative estimate of drug-likeness (QED) is 0.848. The fourth-order valence-corrected chi connectivity index (χ4v) is 1.87. The first-order chi connectivity index (χ1) is 10.1. The van der Waals surface area contributed by atoms with E-state index in [0.29, 0.717) is 19.0 Å². The van der Waals surface area contributed by atoms with Crippen molar-refractivity contribution >= 4 is 11.5 Å². The second-order valence-electron chi connectivity index (χ2n) is 4.87. The number of hydrogen-bond acceptors (Lipinski definition) is 5. The number of nitrogens with two attached hydrogens (primary N) is 1. The van der Waals surface area contributed by atoms with Crippen LogP contribution in [0.2, 0.25) is 0 Å². The molecule has 0 fully saturated rings. The maximum atomic E-state index is 12.2. The minimum atomic E-state index is -0.143. The van der Waals surface area contributed by atoms with Crippen LogP contribution in [0.5, 0.6) is 5.75 Å². The van der Waals surface area contributed by atoms with E-state index in [9.17, 15) is 4.79 Å². The van der Waals surface area contributed by atoms with Gasteiger partial charge in [-0.15, -0.1) is 0 Å². The zero-order chi connectivity index (χ0) is 15.2. The zero-order valence-corrected chi connectivity index (χ0v) is 12.2. The van der Waals surface area contributed by atoms with Crippen LogP contribution < -0.4 is 21.3 Å². The fraction of sp³-hybridized carbons (Fsp3) is 0.333. The highest BCUT2D eigenvalue weighted by atomic mass is 16.5. The lowest BCUT2D eigenvalue weighted by Crippen LogP contribution is -2.24. The first-order valence-electron chi connectivity index (χ1n) is 6.89. The summed E-state index contributed by atoms with van der Waals surface area (Å²) in [5.41, 5.74) is 6.02. The van der Waals surface area contributed by atoms with E-state index < -0.39 is 0 Å². The van der Waals surface area contributed by atoms with E-state index in [1.807, 2.05) is 38.1 Å². The van der Waals surface area contributed by atoms with Gasteiger partial charge in [-0.25, -0.2) is 4.98 Å². The molecule has 0 spiro atoms. The van der Waals surface area contributed by atoms with Gasteiger partial charge in [-0.3, -0.25) is 4.79 Å². The molecule has 0 saturated carbocycles. The van der Waals surface area contributed by atoms with Crippen LogP contribution in [0.15, 0.2) is 41.5 Å². The molecular formula is C15H20N4O2. The third kappa shape index (κ3) is 3.82. The number of anilines is 2. The van der Waals surface area contributed by atoms with Crippen LogP contribution in [0, 0.1) is 0 Å². The number of hydrogen-bond donors (Lipinski definition) is 2. The average molecular weight is 288 g/mol. The van der Waals surface area contributed by atoms with E-state index in [-0.39, 0.29) is 11.6 Å². The van der Waals surface area contributed by atoms with Gasteiger partial charge in [-0.1, -0.05) is 0 Å². The molecule has 2 aromatic rings. The number of benzene rings is 1. The van der Waals surface area contributed by atoms with E-state index in [1.54, 1.807) is 17.0 Å². The van der Waals surface area contributed by atoms with E-state index >= 15 is 0 Å². The summed E-state index contributed by atoms with van der Waals surface area (Å²) < 4.78 is 7.03. The number of aromatic nitrogens is 2. The van der Waals surface area contributed by atoms with Crippen molar-refractivity contribution < 1.29 is 4.74 Å². The van der Waals surface area contributed by atoms with Gasteiger partial charge in [0.25, 0.3) is 5.56 Å². The Labute approximate surface area is 123 Å². The van der Waals surface area contributed by atoms with Gasteiger partial charge in [0.05, 0.1) is 0 Å². The van der Waals surface area contributed by atoms with Crippen LogP contribution in [0.4, 0.5) is 11.5 Å². The van der Waals surface area contributed by atoms with Crippen LogP contribution in [0.1, 0.15) is 19.9 Å². The molecule has 0 aliphatic rings. The SMILES string of the molecule is CC(C)n1ccnc(Nc2ccc(OCCN)cc2)c1=O. The highest BCUT2D eigenvalue weighted by molar-refractivity contribution is 5.56. The predicted molar refractivity (Wildman–Crippen MR) is 83.2 cm³/mol. The van der Waals surface area contributed by atoms with Crippen LogP contribution in [0.3, 0.4) is 0 Å². The summed E-state index contributed by atoms with van der Waals surface area (Å²) in [5, 5.41) is 3.03. The molecule has 0 aliphatic heterocycles. The lowest BCUT2D eigenvalue weighted by atomic mass is 10.3. The Morgan fingerprint density at radius 3 is 2.67 bits per heavy atom. The van der Waals surface area contributed by atoms with Gasteiger partial charge in [0.1, 0.15) is 12.4 Å². The Balaban J connectivity index is 2.15. The number of rotatable bonds is 6. The molecule has 1 heterocycles. The van der Waals surface area contributed by atoms with E-state index in [4.69, 9.17) is 10.5 Å². The van der Waals surface area contributed by atoms with Gasteiger partial charge < -0.3 is 20.4 Å². The van der Waals surface area contributed by atoms with Crippen LogP contribution in [-0.4, -0.2) is 22.7 Å². The molecular weight excluding hydrogens is 268 g/mol. The van der Waals surface area contributed by atoms with Gasteiger partial charge in [-0.2, -0.15) is 0 Å². The Bertz CT molecular complexity index is 635. The Hall–Kier alpha value is -2.34. The summed E-state index contributed by atoms with van der Waals surface area (Å²) in [6.07, 6.45) is 3.30. The fourth-order valence-electron chi connectivity index (χ4n) is 1.87. The zero-order valence-electron chi connectivity index (χ0n) is 12.2. The molecule has 1 aromatic carbocycles. The van der Waals surface area contributed by atoms with Crippen LogP contribution >= 0.6 is 0 Å². The number of nitrogens with zero attached hydrogens (tertiary/aromatic N) is 2. The van der Waals surface area contributed by atoms with E-state index in [1.165, 1.54) is 0 Å². The molecule has 0 unspecified atom stereocenters. The lowest BCUT2D eigenvalue weighted by molar-refractivity contribution is 0.328. The summed E-state index contributed by atoms with van der Waals surface area (Å²) in [4.78, 5) is 16.3. The molecule has 0 aliphatic carbocycles. The summed E-state index contributed by atoms with van der Waals surface area (Å²) in [6, 6.07) is 7.40. The molecule has 1 aromatic heterocycles. The van der Waals surface area contributed by atoms with Crippen molar-refractivity contribution in [2.75, 3.05) is 18.5 Å². The minimum absolute atomic E-state index is 0.0908. The van der Waals surface area contributed by atoms with Crippen molar-refractivity contribution in [2.45, 2.75) is 19.9 Å². The second kappa shape index (κ2) is 6.90. The molecule has 0 bridgehead atoms. The highest BCUT2D eigenvalue weighted by Gasteiger charge is 2.07. The predicted octanol–water partition coefficient (Wildman–Crippen LogP) is 1.91. The van der Waals surface area contributed by atoms with Gasteiger partial charge in [0, 0.05) is 30.7 Å². The number of nitrogens with one attached hydrogen (secondary N) is 1. The smallest absolute Gasteiger partial charge is 0.293 e. The minimum Gasteiger partial charge on any atom is -0.492 e. The average Bonchev–Trinajstić information content (AvgIpc) is 2.48. The van der Waals surface area contributed by atoms with Crippen LogP contribution in [-0.2, 0) is 0 Å². The number of ether oxygens (including phenoxy) is 1. The molecule has 0 atom stereocenters. The maximum Gasteiger partial charge on any atom is 0.293 e. The van der Waals surface area contributed by atoms with Crippen molar-refractivity contribution in [3.63, 3.8) is 0 Å². The van der Waals surface area contributed by atoms with Crippen molar-refractivity contribution in [3.05, 3.63) is 47.0 Å². The lowest BCUT2D eigenvalue weighted by Gasteiger charge is -2.12. The summed E-state index contributed by atoms with van der Waals surface area (Å²) in [6.45, 7) is 4.86. The standard InChI is InChI=1S/C15H20N4O2/c1-11(2)19-9-8-17-14(15(19)20)18-12-3-5-13(6-4-12)21-10-7-16/h3-6,8-9,11H,7,10,16H2,1-2H3,(H,17,18). The highest BCUT2D eigenvalue weighted by Crippen LogP contribution is 2.17. The van der Waals surface area contributed by atoms with Crippen molar-refractivity contribution in [3.8, 4) is 5.75 Å². The second-order valence-corrected chi connectivity index (χ2v) is 4.87. The monoisotopic (exact) mass is 288 g/mol. The largest absolute Gasteiger partial charge is 0.492 e. The van der Waals surface area contributed by atoms with E-state index in [2.05, 4.69) is 10.3 Å². The van der Waals surface area contributed by atoms with Crippen LogP contribution in [0.25, 0.3) is 0 Å². The summed E-state index contributed by atoms with van der Waals surface area (Å²) in [5.74, 6) is 1.05. The maximum absolute atomic E-state index is 12.2. The van der Waals surface area contributed by atoms with Gasteiger partial charge >= 0.3 is 0 Å². The van der Waals surface area contributed by atoms with Gasteiger partial charge in [0.2, 0.25) is 0 Å². The molecule has 21 heavy (non-hydrogen) atoms. The molecule has 0 saturated heterocycles. The van der Waals surface area contributed by atoms with Crippen molar-refractivity contribution in [1.29, 1.82) is 0 Å². The third-order valence-corrected chi connectivity index (χ3v) is 2.93. The van der Waals surface area contributed by atoms with Crippen molar-refractivity contribution in [2.24, 2.45) is 5.73 Å². The normalized spacial score (nSPS) is 10.7. The summed E-state index contributed by atoms with van der Waals surface area (Å²) >= 11 is 0.